The van der Waals surface area contributed by atoms with Gasteiger partial charge in [0.25, 0.3) is 0 Å². The highest BCUT2D eigenvalue weighted by Crippen LogP contribution is 2.33. The number of tetrazole rings is 1. The number of carbonyl (C=O) groups excluding carboxylic acids is 1. The molecule has 12 nitrogen and oxygen atoms in total. The van der Waals surface area contributed by atoms with Crippen LogP contribution >= 0.6 is 0 Å². The van der Waals surface area contributed by atoms with Crippen LogP contribution < -0.4 is 25.5 Å². The molecule has 1 aliphatic carbocycles. The monoisotopic (exact) mass is 488 g/mol. The molecule has 1 unspecified atom stereocenters. The topological polar surface area (TPSA) is 144 Å². The summed E-state index contributed by atoms with van der Waals surface area (Å²) in [6, 6.07) is 7.54. The molecule has 3 N–H and O–H groups in total. The van der Waals surface area contributed by atoms with Crippen molar-refractivity contribution < 1.29 is 29.0 Å². The Hall–Kier alpha value is -3.81. The Kier molecular flexibility index (Phi) is 7.10. The highest BCUT2D eigenvalue weighted by molar-refractivity contribution is 5.93. The van der Waals surface area contributed by atoms with Crippen molar-refractivity contribution in [1.82, 2.24) is 25.3 Å². The molecule has 1 fully saturated rings. The summed E-state index contributed by atoms with van der Waals surface area (Å²) in [6.07, 6.45) is 1.64. The van der Waals surface area contributed by atoms with E-state index in [0.29, 0.717) is 27.9 Å². The predicted molar refractivity (Wildman–Crippen MR) is 121 cm³/mol. The third kappa shape index (κ3) is 4.48. The number of ether oxygens (including phenoxy) is 2. The summed E-state index contributed by atoms with van der Waals surface area (Å²) in [5.74, 6) is -0.454. The van der Waals surface area contributed by atoms with Gasteiger partial charge < -0.3 is 19.8 Å². The molecule has 1 amide bonds. The van der Waals surface area contributed by atoms with Gasteiger partial charge in [-0.1, -0.05) is 18.9 Å². The van der Waals surface area contributed by atoms with E-state index in [1.54, 1.807) is 11.5 Å². The van der Waals surface area contributed by atoms with Crippen LogP contribution in [0.4, 0.5) is 14.9 Å². The average Bonchev–Trinajstić information content (AvgIpc) is 3.53. The zero-order valence-electron chi connectivity index (χ0n) is 19.1. The number of benzene rings is 2. The van der Waals surface area contributed by atoms with Gasteiger partial charge in [-0.3, -0.25) is 4.90 Å². The Morgan fingerprint density at radius 1 is 1.17 bits per heavy atom. The van der Waals surface area contributed by atoms with Crippen LogP contribution in [0.2, 0.25) is 0 Å². The fraction of sp³-hybridized carbons (Fsp3) is 0.364. The second-order valence-corrected chi connectivity index (χ2v) is 7.92. The molecule has 2 aromatic carbocycles. The summed E-state index contributed by atoms with van der Waals surface area (Å²) < 4.78 is 26.1. The first-order chi connectivity index (χ1) is 16.9. The maximum absolute atomic E-state index is 14.5. The predicted octanol–water partition coefficient (Wildman–Crippen LogP) is 1.97. The summed E-state index contributed by atoms with van der Waals surface area (Å²) in [4.78, 5) is 28.2. The number of nitrogens with zero attached hydrogens (tertiary/aromatic N) is 5. The van der Waals surface area contributed by atoms with Crippen molar-refractivity contribution in [1.29, 1.82) is 0 Å². The van der Waals surface area contributed by atoms with Gasteiger partial charge in [-0.2, -0.15) is 10.2 Å². The molecule has 1 aromatic heterocycles. The second kappa shape index (κ2) is 10.2. The number of hydrogen-bond acceptors (Lipinski definition) is 9. The maximum Gasteiger partial charge on any atom is 0.377 e. The molecule has 1 heterocycles. The van der Waals surface area contributed by atoms with E-state index < -0.39 is 23.8 Å². The highest BCUT2D eigenvalue weighted by atomic mass is 19.1. The molecular formula is C22H25FN6O6. The molecule has 35 heavy (non-hydrogen) atoms. The molecule has 0 spiro atoms. The summed E-state index contributed by atoms with van der Waals surface area (Å²) >= 11 is 0. The van der Waals surface area contributed by atoms with Crippen molar-refractivity contribution in [2.75, 3.05) is 19.1 Å². The Morgan fingerprint density at radius 3 is 2.54 bits per heavy atom. The third-order valence-electron chi connectivity index (χ3n) is 5.95. The summed E-state index contributed by atoms with van der Waals surface area (Å²) in [7, 11) is 2.72. The van der Waals surface area contributed by atoms with Crippen LogP contribution in [0.15, 0.2) is 41.2 Å². The number of halogens is 1. The van der Waals surface area contributed by atoms with Gasteiger partial charge in [0.15, 0.2) is 12.0 Å². The molecule has 1 aliphatic rings. The third-order valence-corrected chi connectivity index (χ3v) is 5.95. The van der Waals surface area contributed by atoms with E-state index in [2.05, 4.69) is 10.4 Å². The van der Waals surface area contributed by atoms with Crippen LogP contribution in [0.5, 0.6) is 11.5 Å². The summed E-state index contributed by atoms with van der Waals surface area (Å²) in [6.45, 7) is 0. The SMILES string of the molecule is COc1ccc(N(C(=O)n2nnn(-c3c(F)cccc3OC)c2=O)C2CCCC2)cc1C(O)NO. The number of anilines is 1. The second-order valence-electron chi connectivity index (χ2n) is 7.92. The molecule has 186 valence electrons. The number of aliphatic hydroxyl groups is 1. The lowest BCUT2D eigenvalue weighted by Crippen LogP contribution is -2.46. The van der Waals surface area contributed by atoms with Gasteiger partial charge in [0, 0.05) is 17.3 Å². The first-order valence-electron chi connectivity index (χ1n) is 10.9. The smallest absolute Gasteiger partial charge is 0.377 e. The van der Waals surface area contributed by atoms with Crippen molar-refractivity contribution in [3.8, 4) is 17.2 Å². The van der Waals surface area contributed by atoms with Crippen LogP contribution in [0.3, 0.4) is 0 Å². The van der Waals surface area contributed by atoms with Gasteiger partial charge in [0.1, 0.15) is 17.2 Å². The number of amides is 1. The minimum absolute atomic E-state index is 0.0459. The molecule has 4 rings (SSSR count). The van der Waals surface area contributed by atoms with Crippen LogP contribution in [0, 0.1) is 5.82 Å². The largest absolute Gasteiger partial charge is 0.496 e. The van der Waals surface area contributed by atoms with Crippen LogP contribution in [-0.2, 0) is 0 Å². The van der Waals surface area contributed by atoms with E-state index in [-0.39, 0.29) is 28.8 Å². The number of carbonyl (C=O) groups is 1. The Balaban J connectivity index is 1.80. The van der Waals surface area contributed by atoms with Gasteiger partial charge in [0.05, 0.1) is 14.2 Å². The van der Waals surface area contributed by atoms with Gasteiger partial charge in [0.2, 0.25) is 0 Å². The Bertz CT molecular complexity index is 1270. The van der Waals surface area contributed by atoms with Crippen molar-refractivity contribution in [2.24, 2.45) is 0 Å². The van der Waals surface area contributed by atoms with Crippen molar-refractivity contribution in [2.45, 2.75) is 38.0 Å². The van der Waals surface area contributed by atoms with Gasteiger partial charge in [-0.05, 0) is 53.6 Å². The van der Waals surface area contributed by atoms with Gasteiger partial charge in [-0.25, -0.2) is 14.0 Å². The number of aromatic nitrogens is 4. The number of methoxy groups -OCH3 is 2. The molecule has 1 atom stereocenters. The zero-order valence-corrected chi connectivity index (χ0v) is 19.1. The van der Waals surface area contributed by atoms with E-state index in [1.807, 2.05) is 0 Å². The number of nitrogens with one attached hydrogen (secondary N) is 1. The minimum atomic E-state index is -1.48. The number of para-hydroxylation sites is 1. The lowest BCUT2D eigenvalue weighted by atomic mass is 10.1. The average molecular weight is 488 g/mol. The lowest BCUT2D eigenvalue weighted by Gasteiger charge is -2.29. The summed E-state index contributed by atoms with van der Waals surface area (Å²) in [5.41, 5.74) is 1.02. The molecule has 0 radical (unpaired) electrons. The van der Waals surface area contributed by atoms with Gasteiger partial charge in [-0.15, -0.1) is 4.68 Å². The highest BCUT2D eigenvalue weighted by Gasteiger charge is 2.33. The molecule has 0 aliphatic heterocycles. The van der Waals surface area contributed by atoms with Crippen molar-refractivity contribution in [3.63, 3.8) is 0 Å². The van der Waals surface area contributed by atoms with E-state index in [4.69, 9.17) is 9.47 Å². The standard InChI is InChI=1S/C22H25FN6O6/c1-34-17-11-10-14(12-15(17)20(30)24-33)27(13-6-3-4-7-13)21(31)29-22(32)28(25-26-29)19-16(23)8-5-9-18(19)35-2/h5,8-13,20,24,30,33H,3-4,6-7H2,1-2H3. The van der Waals surface area contributed by atoms with Crippen molar-refractivity contribution >= 4 is 11.7 Å². The first kappa shape index (κ1) is 24.3. The van der Waals surface area contributed by atoms with Crippen LogP contribution in [0.1, 0.15) is 37.5 Å². The number of rotatable bonds is 7. The Morgan fingerprint density at radius 2 is 1.89 bits per heavy atom. The van der Waals surface area contributed by atoms with Crippen LogP contribution in [0.25, 0.3) is 5.69 Å². The fourth-order valence-electron chi connectivity index (χ4n) is 4.27. The molecule has 0 saturated heterocycles. The quantitative estimate of drug-likeness (QED) is 0.258. The number of hydrogen-bond donors (Lipinski definition) is 3. The first-order valence-corrected chi connectivity index (χ1v) is 10.9. The molecule has 1 saturated carbocycles. The van der Waals surface area contributed by atoms with Crippen LogP contribution in [-0.4, -0.2) is 56.4 Å². The molecule has 13 heteroatoms. The normalized spacial score (nSPS) is 14.7. The van der Waals surface area contributed by atoms with Gasteiger partial charge >= 0.3 is 11.7 Å². The fourth-order valence-corrected chi connectivity index (χ4v) is 4.27. The lowest BCUT2D eigenvalue weighted by molar-refractivity contribution is -0.000555. The summed E-state index contributed by atoms with van der Waals surface area (Å²) in [5, 5.41) is 26.8. The number of hydroxylamine groups is 1. The zero-order chi connectivity index (χ0) is 25.1. The van der Waals surface area contributed by atoms with E-state index in [0.717, 1.165) is 18.9 Å². The van der Waals surface area contributed by atoms with E-state index >= 15 is 0 Å². The molecule has 3 aromatic rings. The molecular weight excluding hydrogens is 463 g/mol. The van der Waals surface area contributed by atoms with E-state index in [9.17, 15) is 24.3 Å². The molecule has 0 bridgehead atoms. The number of aliphatic hydroxyl groups excluding tert-OH is 1. The Labute approximate surface area is 199 Å². The minimum Gasteiger partial charge on any atom is -0.496 e. The maximum atomic E-state index is 14.5. The van der Waals surface area contributed by atoms with E-state index in [1.165, 1.54) is 43.4 Å². The van der Waals surface area contributed by atoms with Crippen molar-refractivity contribution in [3.05, 3.63) is 58.3 Å².